The average Bonchev–Trinajstić information content (AvgIpc) is 2.19. The van der Waals surface area contributed by atoms with Crippen molar-refractivity contribution >= 4 is 6.34 Å². The zero-order valence-electron chi connectivity index (χ0n) is 8.77. The number of rotatable bonds is 1. The normalized spacial score (nSPS) is 21.3. The summed E-state index contributed by atoms with van der Waals surface area (Å²) in [5.41, 5.74) is 2.72. The molecule has 1 aliphatic heterocycles. The van der Waals surface area contributed by atoms with E-state index in [9.17, 15) is 0 Å². The SMILES string of the molecule is Cc1ccc(C2CN=CN(C)C2)cc1. The second kappa shape index (κ2) is 3.82. The summed E-state index contributed by atoms with van der Waals surface area (Å²) in [6.07, 6.45) is 1.92. The second-order valence-electron chi connectivity index (χ2n) is 4.03. The molecule has 0 saturated carbocycles. The van der Waals surface area contributed by atoms with Gasteiger partial charge in [-0.3, -0.25) is 4.99 Å². The lowest BCUT2D eigenvalue weighted by Crippen LogP contribution is -2.29. The van der Waals surface area contributed by atoms with Crippen molar-refractivity contribution in [3.63, 3.8) is 0 Å². The predicted molar refractivity (Wildman–Crippen MR) is 59.9 cm³/mol. The minimum atomic E-state index is 0.561. The molecule has 1 aromatic rings. The van der Waals surface area contributed by atoms with Crippen LogP contribution in [-0.2, 0) is 0 Å². The molecule has 0 aromatic heterocycles. The van der Waals surface area contributed by atoms with Gasteiger partial charge in [-0.1, -0.05) is 29.8 Å². The Kier molecular flexibility index (Phi) is 2.53. The minimum Gasteiger partial charge on any atom is -0.365 e. The van der Waals surface area contributed by atoms with Crippen molar-refractivity contribution in [3.05, 3.63) is 35.4 Å². The van der Waals surface area contributed by atoms with Gasteiger partial charge in [-0.25, -0.2) is 0 Å². The van der Waals surface area contributed by atoms with Crippen LogP contribution in [0, 0.1) is 6.92 Å². The van der Waals surface area contributed by atoms with Crippen molar-refractivity contribution in [1.82, 2.24) is 4.90 Å². The van der Waals surface area contributed by atoms with Crippen LogP contribution < -0.4 is 0 Å². The fourth-order valence-corrected chi connectivity index (χ4v) is 1.82. The maximum atomic E-state index is 4.34. The number of aryl methyl sites for hydroxylation is 1. The van der Waals surface area contributed by atoms with E-state index in [1.807, 2.05) is 6.34 Å². The molecule has 14 heavy (non-hydrogen) atoms. The topological polar surface area (TPSA) is 15.6 Å². The molecular weight excluding hydrogens is 172 g/mol. The van der Waals surface area contributed by atoms with Crippen LogP contribution in [0.25, 0.3) is 0 Å². The lowest BCUT2D eigenvalue weighted by atomic mass is 9.97. The van der Waals surface area contributed by atoms with Gasteiger partial charge in [0.25, 0.3) is 0 Å². The molecule has 1 aromatic carbocycles. The van der Waals surface area contributed by atoms with Gasteiger partial charge in [0.1, 0.15) is 0 Å². The van der Waals surface area contributed by atoms with Crippen LogP contribution in [-0.4, -0.2) is 31.4 Å². The zero-order chi connectivity index (χ0) is 9.97. The molecule has 0 aliphatic carbocycles. The van der Waals surface area contributed by atoms with E-state index in [2.05, 4.69) is 48.1 Å². The summed E-state index contributed by atoms with van der Waals surface area (Å²) < 4.78 is 0. The summed E-state index contributed by atoms with van der Waals surface area (Å²) in [4.78, 5) is 6.49. The van der Waals surface area contributed by atoms with E-state index in [4.69, 9.17) is 0 Å². The third-order valence-electron chi connectivity index (χ3n) is 2.66. The van der Waals surface area contributed by atoms with E-state index in [1.54, 1.807) is 0 Å². The van der Waals surface area contributed by atoms with E-state index in [1.165, 1.54) is 11.1 Å². The molecule has 2 heteroatoms. The van der Waals surface area contributed by atoms with Gasteiger partial charge in [-0.05, 0) is 12.5 Å². The average molecular weight is 188 g/mol. The number of likely N-dealkylation sites (N-methyl/N-ethyl adjacent to an activating group) is 1. The van der Waals surface area contributed by atoms with E-state index < -0.39 is 0 Å². The van der Waals surface area contributed by atoms with Crippen LogP contribution >= 0.6 is 0 Å². The maximum absolute atomic E-state index is 4.34. The van der Waals surface area contributed by atoms with E-state index in [0.29, 0.717) is 5.92 Å². The van der Waals surface area contributed by atoms with Crippen LogP contribution in [0.3, 0.4) is 0 Å². The molecule has 0 radical (unpaired) electrons. The van der Waals surface area contributed by atoms with Crippen molar-refractivity contribution in [2.75, 3.05) is 20.1 Å². The molecule has 0 N–H and O–H groups in total. The summed E-state index contributed by atoms with van der Waals surface area (Å²) in [5.74, 6) is 0.561. The number of hydrogen-bond donors (Lipinski definition) is 0. The van der Waals surface area contributed by atoms with E-state index in [0.717, 1.165) is 13.1 Å². The molecule has 1 heterocycles. The largest absolute Gasteiger partial charge is 0.365 e. The summed E-state index contributed by atoms with van der Waals surface area (Å²) in [5, 5.41) is 0. The van der Waals surface area contributed by atoms with Crippen LogP contribution in [0.1, 0.15) is 17.0 Å². The van der Waals surface area contributed by atoms with Crippen LogP contribution in [0.5, 0.6) is 0 Å². The number of benzene rings is 1. The molecule has 0 bridgehead atoms. The van der Waals surface area contributed by atoms with Gasteiger partial charge in [-0.2, -0.15) is 0 Å². The molecule has 1 aliphatic rings. The second-order valence-corrected chi connectivity index (χ2v) is 4.03. The highest BCUT2D eigenvalue weighted by atomic mass is 15.1. The molecule has 0 spiro atoms. The summed E-state index contributed by atoms with van der Waals surface area (Å²) in [6, 6.07) is 8.78. The van der Waals surface area contributed by atoms with Crippen molar-refractivity contribution in [2.24, 2.45) is 4.99 Å². The van der Waals surface area contributed by atoms with E-state index >= 15 is 0 Å². The first-order valence-corrected chi connectivity index (χ1v) is 5.02. The maximum Gasteiger partial charge on any atom is 0.0847 e. The van der Waals surface area contributed by atoms with Gasteiger partial charge < -0.3 is 4.90 Å². The Labute approximate surface area is 85.3 Å². The molecule has 0 saturated heterocycles. The molecule has 0 amide bonds. The molecule has 74 valence electrons. The van der Waals surface area contributed by atoms with Crippen molar-refractivity contribution < 1.29 is 0 Å². The Bertz CT molecular complexity index is 327. The summed E-state index contributed by atoms with van der Waals surface area (Å²) in [7, 11) is 2.07. The Balaban J connectivity index is 2.15. The molecule has 2 nitrogen and oxygen atoms in total. The van der Waals surface area contributed by atoms with Gasteiger partial charge in [0.05, 0.1) is 6.34 Å². The Morgan fingerprint density at radius 1 is 1.29 bits per heavy atom. The fraction of sp³-hybridized carbons (Fsp3) is 0.417. The summed E-state index contributed by atoms with van der Waals surface area (Å²) in [6.45, 7) is 4.12. The zero-order valence-corrected chi connectivity index (χ0v) is 8.77. The van der Waals surface area contributed by atoms with Gasteiger partial charge in [0.15, 0.2) is 0 Å². The van der Waals surface area contributed by atoms with Crippen LogP contribution in [0.15, 0.2) is 29.3 Å². The Morgan fingerprint density at radius 3 is 2.64 bits per heavy atom. The minimum absolute atomic E-state index is 0.561. The predicted octanol–water partition coefficient (Wildman–Crippen LogP) is 2.05. The number of nitrogens with zero attached hydrogens (tertiary/aromatic N) is 2. The highest BCUT2D eigenvalue weighted by Crippen LogP contribution is 2.19. The number of hydrogen-bond acceptors (Lipinski definition) is 2. The van der Waals surface area contributed by atoms with Crippen molar-refractivity contribution in [3.8, 4) is 0 Å². The molecule has 1 atom stereocenters. The van der Waals surface area contributed by atoms with Gasteiger partial charge in [-0.15, -0.1) is 0 Å². The first-order chi connectivity index (χ1) is 6.75. The number of aliphatic imine (C=N–C) groups is 1. The highest BCUT2D eigenvalue weighted by molar-refractivity contribution is 5.56. The van der Waals surface area contributed by atoms with Crippen LogP contribution in [0.4, 0.5) is 0 Å². The highest BCUT2D eigenvalue weighted by Gasteiger charge is 2.15. The quantitative estimate of drug-likeness (QED) is 0.658. The third kappa shape index (κ3) is 1.95. The Morgan fingerprint density at radius 2 is 2.00 bits per heavy atom. The van der Waals surface area contributed by atoms with Crippen molar-refractivity contribution in [1.29, 1.82) is 0 Å². The monoisotopic (exact) mass is 188 g/mol. The third-order valence-corrected chi connectivity index (χ3v) is 2.66. The molecule has 0 fully saturated rings. The Hall–Kier alpha value is -1.31. The van der Waals surface area contributed by atoms with Crippen molar-refractivity contribution in [2.45, 2.75) is 12.8 Å². The lowest BCUT2D eigenvalue weighted by molar-refractivity contribution is 0.440. The van der Waals surface area contributed by atoms with Gasteiger partial charge in [0, 0.05) is 26.1 Å². The lowest BCUT2D eigenvalue weighted by Gasteiger charge is -2.25. The van der Waals surface area contributed by atoms with Gasteiger partial charge in [0.2, 0.25) is 0 Å². The molecular formula is C12H16N2. The first kappa shape index (κ1) is 9.25. The fourth-order valence-electron chi connectivity index (χ4n) is 1.82. The molecule has 1 unspecified atom stereocenters. The first-order valence-electron chi connectivity index (χ1n) is 5.02. The van der Waals surface area contributed by atoms with E-state index in [-0.39, 0.29) is 0 Å². The molecule has 2 rings (SSSR count). The van der Waals surface area contributed by atoms with Crippen LogP contribution in [0.2, 0.25) is 0 Å². The standard InChI is InChI=1S/C12H16N2/c1-10-3-5-11(6-4-10)12-7-13-9-14(2)8-12/h3-6,9,12H,7-8H2,1-2H3. The van der Waals surface area contributed by atoms with Gasteiger partial charge >= 0.3 is 0 Å². The smallest absolute Gasteiger partial charge is 0.0847 e. The summed E-state index contributed by atoms with van der Waals surface area (Å²) >= 11 is 0.